The van der Waals surface area contributed by atoms with Crippen molar-refractivity contribution in [3.8, 4) is 0 Å². The number of carbonyl (C=O) groups excluding carboxylic acids is 1. The molecule has 4 heteroatoms. The average Bonchev–Trinajstić information content (AvgIpc) is 2.34. The van der Waals surface area contributed by atoms with Crippen LogP contribution in [0.5, 0.6) is 0 Å². The van der Waals surface area contributed by atoms with Crippen molar-refractivity contribution in [2.75, 3.05) is 5.75 Å². The molecular formula is C7H8N2OS. The summed E-state index contributed by atoms with van der Waals surface area (Å²) in [6.07, 6.45) is 2.68. The summed E-state index contributed by atoms with van der Waals surface area (Å²) >= 11 is 1.69. The van der Waals surface area contributed by atoms with E-state index < -0.39 is 0 Å². The second-order valence-corrected chi connectivity index (χ2v) is 3.81. The van der Waals surface area contributed by atoms with Crippen LogP contribution in [0.3, 0.4) is 0 Å². The SMILES string of the molecule is N=C1C=C2SCCC2C(=O)N1. The molecular weight excluding hydrogens is 160 g/mol. The maximum absolute atomic E-state index is 11.2. The summed E-state index contributed by atoms with van der Waals surface area (Å²) in [5.74, 6) is 1.29. The van der Waals surface area contributed by atoms with Crippen LogP contribution in [0.1, 0.15) is 6.42 Å². The number of fused-ring (bicyclic) bond motifs is 1. The molecule has 0 aromatic carbocycles. The van der Waals surface area contributed by atoms with E-state index in [9.17, 15) is 4.79 Å². The van der Waals surface area contributed by atoms with Crippen LogP contribution >= 0.6 is 11.8 Å². The van der Waals surface area contributed by atoms with Gasteiger partial charge < -0.3 is 5.32 Å². The number of thioether (sulfide) groups is 1. The number of carbonyl (C=O) groups is 1. The van der Waals surface area contributed by atoms with Gasteiger partial charge in [0.1, 0.15) is 5.84 Å². The Hall–Kier alpha value is -0.770. The number of rotatable bonds is 0. The topological polar surface area (TPSA) is 53.0 Å². The first-order chi connectivity index (χ1) is 5.27. The second kappa shape index (κ2) is 2.37. The standard InChI is InChI=1S/C7H8N2OS/c8-6-3-5-4(1-2-11-5)7(10)9-6/h3-4H,1-2H2,(H2,8,9,10). The Morgan fingerprint density at radius 2 is 2.55 bits per heavy atom. The Bertz CT molecular complexity index is 259. The van der Waals surface area contributed by atoms with Crippen molar-refractivity contribution in [2.45, 2.75) is 6.42 Å². The fraction of sp³-hybridized carbons (Fsp3) is 0.429. The van der Waals surface area contributed by atoms with Crippen LogP contribution in [0.15, 0.2) is 11.0 Å². The third kappa shape index (κ3) is 1.07. The molecule has 58 valence electrons. The van der Waals surface area contributed by atoms with Crippen molar-refractivity contribution in [1.82, 2.24) is 5.32 Å². The summed E-state index contributed by atoms with van der Waals surface area (Å²) in [7, 11) is 0. The molecule has 0 saturated carbocycles. The normalized spacial score (nSPS) is 29.5. The predicted octanol–water partition coefficient (Wildman–Crippen LogP) is 0.730. The van der Waals surface area contributed by atoms with Gasteiger partial charge in [0.15, 0.2) is 0 Å². The minimum absolute atomic E-state index is 0.00231. The number of amidine groups is 1. The molecule has 0 radical (unpaired) electrons. The number of amides is 1. The van der Waals surface area contributed by atoms with Gasteiger partial charge in [0, 0.05) is 4.91 Å². The van der Waals surface area contributed by atoms with Crippen molar-refractivity contribution in [1.29, 1.82) is 5.41 Å². The lowest BCUT2D eigenvalue weighted by Crippen LogP contribution is -2.37. The molecule has 0 spiro atoms. The number of hydrogen-bond acceptors (Lipinski definition) is 3. The van der Waals surface area contributed by atoms with Gasteiger partial charge in [0.25, 0.3) is 0 Å². The Labute approximate surface area is 68.7 Å². The average molecular weight is 168 g/mol. The Kier molecular flexibility index (Phi) is 1.49. The van der Waals surface area contributed by atoms with Crippen LogP contribution in [-0.2, 0) is 4.79 Å². The highest BCUT2D eigenvalue weighted by molar-refractivity contribution is 8.03. The zero-order valence-electron chi connectivity index (χ0n) is 5.89. The molecule has 1 atom stereocenters. The summed E-state index contributed by atoms with van der Waals surface area (Å²) in [4.78, 5) is 12.2. The van der Waals surface area contributed by atoms with E-state index in [-0.39, 0.29) is 17.7 Å². The lowest BCUT2D eigenvalue weighted by molar-refractivity contribution is -0.122. The van der Waals surface area contributed by atoms with Crippen LogP contribution < -0.4 is 5.32 Å². The van der Waals surface area contributed by atoms with Gasteiger partial charge in [0.2, 0.25) is 5.91 Å². The van der Waals surface area contributed by atoms with E-state index in [1.165, 1.54) is 0 Å². The van der Waals surface area contributed by atoms with E-state index in [2.05, 4.69) is 5.32 Å². The van der Waals surface area contributed by atoms with Crippen molar-refractivity contribution in [2.24, 2.45) is 5.92 Å². The molecule has 3 nitrogen and oxygen atoms in total. The van der Waals surface area contributed by atoms with E-state index in [1.54, 1.807) is 17.8 Å². The van der Waals surface area contributed by atoms with Crippen molar-refractivity contribution >= 4 is 23.5 Å². The van der Waals surface area contributed by atoms with E-state index in [1.807, 2.05) is 0 Å². The van der Waals surface area contributed by atoms with E-state index >= 15 is 0 Å². The van der Waals surface area contributed by atoms with E-state index in [4.69, 9.17) is 5.41 Å². The molecule has 0 aliphatic carbocycles. The Morgan fingerprint density at radius 3 is 3.36 bits per heavy atom. The third-order valence-electron chi connectivity index (χ3n) is 1.88. The molecule has 0 aromatic rings. The van der Waals surface area contributed by atoms with Crippen molar-refractivity contribution < 1.29 is 4.79 Å². The summed E-state index contributed by atoms with van der Waals surface area (Å²) in [6, 6.07) is 0. The molecule has 2 aliphatic heterocycles. The molecule has 1 fully saturated rings. The van der Waals surface area contributed by atoms with Gasteiger partial charge in [0.05, 0.1) is 5.92 Å². The van der Waals surface area contributed by atoms with Crippen molar-refractivity contribution in [3.05, 3.63) is 11.0 Å². The molecule has 1 amide bonds. The lowest BCUT2D eigenvalue weighted by Gasteiger charge is -2.16. The highest BCUT2D eigenvalue weighted by Gasteiger charge is 2.31. The van der Waals surface area contributed by atoms with Gasteiger partial charge in [-0.15, -0.1) is 11.8 Å². The fourth-order valence-electron chi connectivity index (χ4n) is 1.34. The number of nitrogens with one attached hydrogen (secondary N) is 2. The zero-order valence-corrected chi connectivity index (χ0v) is 6.70. The lowest BCUT2D eigenvalue weighted by atomic mass is 10.0. The first-order valence-corrected chi connectivity index (χ1v) is 4.50. The third-order valence-corrected chi connectivity index (χ3v) is 3.06. The second-order valence-electron chi connectivity index (χ2n) is 2.64. The maximum atomic E-state index is 11.2. The molecule has 1 saturated heterocycles. The summed E-state index contributed by atoms with van der Waals surface area (Å²) < 4.78 is 0. The predicted molar refractivity (Wildman–Crippen MR) is 44.5 cm³/mol. The molecule has 1 unspecified atom stereocenters. The van der Waals surface area contributed by atoms with Crippen LogP contribution in [0, 0.1) is 11.3 Å². The smallest absolute Gasteiger partial charge is 0.233 e. The van der Waals surface area contributed by atoms with Gasteiger partial charge in [-0.3, -0.25) is 10.2 Å². The van der Waals surface area contributed by atoms with E-state index in [0.29, 0.717) is 0 Å². The van der Waals surface area contributed by atoms with E-state index in [0.717, 1.165) is 17.1 Å². The molecule has 2 N–H and O–H groups in total. The molecule has 11 heavy (non-hydrogen) atoms. The van der Waals surface area contributed by atoms with Crippen LogP contribution in [0.2, 0.25) is 0 Å². The molecule has 2 heterocycles. The number of hydrogen-bond donors (Lipinski definition) is 2. The Morgan fingerprint density at radius 1 is 1.73 bits per heavy atom. The van der Waals surface area contributed by atoms with Gasteiger partial charge in [-0.1, -0.05) is 0 Å². The van der Waals surface area contributed by atoms with Crippen molar-refractivity contribution in [3.63, 3.8) is 0 Å². The summed E-state index contributed by atoms with van der Waals surface area (Å²) in [5.41, 5.74) is 0. The summed E-state index contributed by atoms with van der Waals surface area (Å²) in [6.45, 7) is 0. The van der Waals surface area contributed by atoms with Gasteiger partial charge >= 0.3 is 0 Å². The van der Waals surface area contributed by atoms with Crippen LogP contribution in [0.4, 0.5) is 0 Å². The quantitative estimate of drug-likeness (QED) is 0.560. The zero-order chi connectivity index (χ0) is 7.84. The highest BCUT2D eigenvalue weighted by Crippen LogP contribution is 2.37. The minimum atomic E-state index is -0.00231. The highest BCUT2D eigenvalue weighted by atomic mass is 32.2. The first kappa shape index (κ1) is 6.91. The monoisotopic (exact) mass is 168 g/mol. The molecule has 0 aromatic heterocycles. The van der Waals surface area contributed by atoms with Gasteiger partial charge in [-0.05, 0) is 18.2 Å². The van der Waals surface area contributed by atoms with Crippen LogP contribution in [-0.4, -0.2) is 17.5 Å². The molecule has 2 aliphatic rings. The largest absolute Gasteiger partial charge is 0.311 e. The minimum Gasteiger partial charge on any atom is -0.311 e. The summed E-state index contributed by atoms with van der Waals surface area (Å²) in [5, 5.41) is 9.75. The fourth-order valence-corrected chi connectivity index (χ4v) is 2.55. The Balaban J connectivity index is 2.34. The first-order valence-electron chi connectivity index (χ1n) is 3.51. The van der Waals surface area contributed by atoms with Gasteiger partial charge in [-0.2, -0.15) is 0 Å². The maximum Gasteiger partial charge on any atom is 0.233 e. The molecule has 0 bridgehead atoms. The van der Waals surface area contributed by atoms with Gasteiger partial charge in [-0.25, -0.2) is 0 Å². The van der Waals surface area contributed by atoms with Crippen LogP contribution in [0.25, 0.3) is 0 Å². The molecule has 2 rings (SSSR count).